The lowest BCUT2D eigenvalue weighted by Gasteiger charge is -2.21. The summed E-state index contributed by atoms with van der Waals surface area (Å²) in [5, 5.41) is 9.79. The van der Waals surface area contributed by atoms with Gasteiger partial charge in [0.1, 0.15) is 5.75 Å². The number of nitrogens with two attached hydrogens (primary N) is 1. The molecule has 19 heavy (non-hydrogen) atoms. The second-order valence-electron chi connectivity index (χ2n) is 5.06. The topological polar surface area (TPSA) is 83.6 Å². The van der Waals surface area contributed by atoms with Crippen LogP contribution in [0.4, 0.5) is 0 Å². The lowest BCUT2D eigenvalue weighted by Crippen LogP contribution is -2.38. The molecule has 1 unspecified atom stereocenters. The van der Waals surface area contributed by atoms with E-state index >= 15 is 0 Å². The Bertz CT molecular complexity index is 547. The quantitative estimate of drug-likeness (QED) is 0.863. The zero-order valence-corrected chi connectivity index (χ0v) is 12.1. The normalized spacial score (nSPS) is 22.5. The summed E-state index contributed by atoms with van der Waals surface area (Å²) < 4.78 is 0.699. The molecule has 0 spiro atoms. The molecule has 5 nitrogen and oxygen atoms in total. The van der Waals surface area contributed by atoms with Crippen LogP contribution in [-0.4, -0.2) is 34.9 Å². The molecule has 6 heteroatoms. The Morgan fingerprint density at radius 2 is 2.16 bits per heavy atom. The molecule has 0 radical (unpaired) electrons. The van der Waals surface area contributed by atoms with Gasteiger partial charge in [-0.15, -0.1) is 0 Å². The van der Waals surface area contributed by atoms with E-state index in [9.17, 15) is 14.7 Å². The molecular weight excluding hydrogens is 312 g/mol. The number of amides is 2. The highest BCUT2D eigenvalue weighted by molar-refractivity contribution is 9.10. The molecule has 0 aliphatic carbocycles. The van der Waals surface area contributed by atoms with E-state index in [1.807, 2.05) is 0 Å². The van der Waals surface area contributed by atoms with Crippen molar-refractivity contribution in [2.24, 2.45) is 11.1 Å². The standard InChI is InChI=1S/C13H15BrN2O3/c1-13(12(15)19)4-5-16(7-13)11(18)9-3-2-8(14)6-10(9)17/h2-3,6,17H,4-5,7H2,1H3,(H2,15,19). The number of likely N-dealkylation sites (tertiary alicyclic amines) is 1. The maximum absolute atomic E-state index is 12.3. The molecule has 2 amide bonds. The summed E-state index contributed by atoms with van der Waals surface area (Å²) in [4.78, 5) is 25.2. The number of halogens is 1. The lowest BCUT2D eigenvalue weighted by atomic mass is 9.89. The minimum atomic E-state index is -0.680. The Labute approximate surface area is 119 Å². The number of phenolic OH excluding ortho intramolecular Hbond substituents is 1. The predicted molar refractivity (Wildman–Crippen MR) is 73.6 cm³/mol. The highest BCUT2D eigenvalue weighted by atomic mass is 79.9. The van der Waals surface area contributed by atoms with E-state index in [2.05, 4.69) is 15.9 Å². The van der Waals surface area contributed by atoms with Crippen molar-refractivity contribution < 1.29 is 14.7 Å². The number of phenols is 1. The Hall–Kier alpha value is -1.56. The summed E-state index contributed by atoms with van der Waals surface area (Å²) in [7, 11) is 0. The number of aromatic hydroxyl groups is 1. The first kappa shape index (κ1) is 13.9. The van der Waals surface area contributed by atoms with Crippen molar-refractivity contribution >= 4 is 27.7 Å². The fourth-order valence-electron chi connectivity index (χ4n) is 2.19. The molecule has 1 aliphatic heterocycles. The van der Waals surface area contributed by atoms with E-state index in [0.717, 1.165) is 0 Å². The van der Waals surface area contributed by atoms with Crippen LogP contribution in [0, 0.1) is 5.41 Å². The molecule has 1 fully saturated rings. The van der Waals surface area contributed by atoms with Gasteiger partial charge in [-0.25, -0.2) is 0 Å². The highest BCUT2D eigenvalue weighted by Gasteiger charge is 2.41. The summed E-state index contributed by atoms with van der Waals surface area (Å²) >= 11 is 3.22. The second-order valence-corrected chi connectivity index (χ2v) is 5.98. The summed E-state index contributed by atoms with van der Waals surface area (Å²) in [5.41, 5.74) is 4.90. The maximum atomic E-state index is 12.3. The zero-order valence-electron chi connectivity index (χ0n) is 10.5. The van der Waals surface area contributed by atoms with Crippen LogP contribution in [-0.2, 0) is 4.79 Å². The van der Waals surface area contributed by atoms with Crippen LogP contribution >= 0.6 is 15.9 Å². The molecule has 0 aromatic heterocycles. The van der Waals surface area contributed by atoms with Crippen LogP contribution in [0.15, 0.2) is 22.7 Å². The summed E-state index contributed by atoms with van der Waals surface area (Å²) in [5.74, 6) is -0.759. The van der Waals surface area contributed by atoms with Crippen LogP contribution in [0.3, 0.4) is 0 Å². The number of rotatable bonds is 2. The van der Waals surface area contributed by atoms with Crippen molar-refractivity contribution in [2.75, 3.05) is 13.1 Å². The first-order chi connectivity index (χ1) is 8.83. The number of nitrogens with zero attached hydrogens (tertiary/aromatic N) is 1. The van der Waals surface area contributed by atoms with Gasteiger partial charge in [-0.05, 0) is 31.5 Å². The number of carbonyl (C=O) groups excluding carboxylic acids is 2. The van der Waals surface area contributed by atoms with Crippen molar-refractivity contribution in [3.63, 3.8) is 0 Å². The van der Waals surface area contributed by atoms with Crippen LogP contribution in [0.2, 0.25) is 0 Å². The number of primary amides is 1. The monoisotopic (exact) mass is 326 g/mol. The molecule has 1 saturated heterocycles. The lowest BCUT2D eigenvalue weighted by molar-refractivity contribution is -0.126. The molecule has 102 valence electrons. The average molecular weight is 327 g/mol. The molecular formula is C13H15BrN2O3. The zero-order chi connectivity index (χ0) is 14.2. The number of hydrogen-bond donors (Lipinski definition) is 2. The van der Waals surface area contributed by atoms with E-state index in [-0.39, 0.29) is 23.8 Å². The molecule has 0 saturated carbocycles. The van der Waals surface area contributed by atoms with Gasteiger partial charge < -0.3 is 15.7 Å². The SMILES string of the molecule is CC1(C(N)=O)CCN(C(=O)c2ccc(Br)cc2O)C1. The van der Waals surface area contributed by atoms with Gasteiger partial charge in [0.25, 0.3) is 5.91 Å². The van der Waals surface area contributed by atoms with Gasteiger partial charge in [0, 0.05) is 17.6 Å². The van der Waals surface area contributed by atoms with Crippen molar-refractivity contribution in [1.82, 2.24) is 4.90 Å². The van der Waals surface area contributed by atoms with Crippen LogP contribution < -0.4 is 5.73 Å². The van der Waals surface area contributed by atoms with Gasteiger partial charge in [-0.3, -0.25) is 9.59 Å². The first-order valence-electron chi connectivity index (χ1n) is 5.91. The van der Waals surface area contributed by atoms with Crippen molar-refractivity contribution in [3.05, 3.63) is 28.2 Å². The van der Waals surface area contributed by atoms with Crippen molar-refractivity contribution in [1.29, 1.82) is 0 Å². The largest absolute Gasteiger partial charge is 0.507 e. The Balaban J connectivity index is 2.20. The molecule has 1 heterocycles. The van der Waals surface area contributed by atoms with E-state index in [1.54, 1.807) is 24.0 Å². The summed E-state index contributed by atoms with van der Waals surface area (Å²) in [6.45, 7) is 2.51. The van der Waals surface area contributed by atoms with Gasteiger partial charge in [0.2, 0.25) is 5.91 Å². The van der Waals surface area contributed by atoms with Gasteiger partial charge in [-0.2, -0.15) is 0 Å². The minimum Gasteiger partial charge on any atom is -0.507 e. The maximum Gasteiger partial charge on any atom is 0.257 e. The number of hydrogen-bond acceptors (Lipinski definition) is 3. The average Bonchev–Trinajstić information content (AvgIpc) is 2.73. The fourth-order valence-corrected chi connectivity index (χ4v) is 2.54. The second kappa shape index (κ2) is 4.85. The van der Waals surface area contributed by atoms with E-state index in [4.69, 9.17) is 5.73 Å². The Kier molecular flexibility index (Phi) is 3.54. The van der Waals surface area contributed by atoms with Gasteiger partial charge >= 0.3 is 0 Å². The first-order valence-corrected chi connectivity index (χ1v) is 6.70. The van der Waals surface area contributed by atoms with E-state index in [0.29, 0.717) is 17.4 Å². The molecule has 0 bridgehead atoms. The van der Waals surface area contributed by atoms with Crippen LogP contribution in [0.1, 0.15) is 23.7 Å². The Morgan fingerprint density at radius 3 is 2.68 bits per heavy atom. The van der Waals surface area contributed by atoms with Gasteiger partial charge in [0.15, 0.2) is 0 Å². The summed E-state index contributed by atoms with van der Waals surface area (Å²) in [6.07, 6.45) is 0.547. The molecule has 1 atom stereocenters. The van der Waals surface area contributed by atoms with Crippen molar-refractivity contribution in [3.8, 4) is 5.75 Å². The summed E-state index contributed by atoms with van der Waals surface area (Å²) in [6, 6.07) is 4.72. The van der Waals surface area contributed by atoms with Crippen LogP contribution in [0.5, 0.6) is 5.75 Å². The minimum absolute atomic E-state index is 0.0768. The smallest absolute Gasteiger partial charge is 0.257 e. The molecule has 1 aromatic rings. The third-order valence-electron chi connectivity index (χ3n) is 3.55. The van der Waals surface area contributed by atoms with Gasteiger partial charge in [-0.1, -0.05) is 15.9 Å². The molecule has 2 rings (SSSR count). The van der Waals surface area contributed by atoms with Crippen LogP contribution in [0.25, 0.3) is 0 Å². The van der Waals surface area contributed by atoms with E-state index < -0.39 is 11.3 Å². The van der Waals surface area contributed by atoms with Gasteiger partial charge in [0.05, 0.1) is 11.0 Å². The fraction of sp³-hybridized carbons (Fsp3) is 0.385. The molecule has 1 aromatic carbocycles. The highest BCUT2D eigenvalue weighted by Crippen LogP contribution is 2.32. The number of carbonyl (C=O) groups is 2. The molecule has 1 aliphatic rings. The third kappa shape index (κ3) is 2.58. The predicted octanol–water partition coefficient (Wildman–Crippen LogP) is 1.49. The van der Waals surface area contributed by atoms with E-state index in [1.165, 1.54) is 6.07 Å². The third-order valence-corrected chi connectivity index (χ3v) is 4.04. The Morgan fingerprint density at radius 1 is 1.47 bits per heavy atom. The molecule has 3 N–H and O–H groups in total. The van der Waals surface area contributed by atoms with Crippen molar-refractivity contribution in [2.45, 2.75) is 13.3 Å². The number of benzene rings is 1.